The number of aromatic nitrogens is 3. The number of Topliss-reactive ketones (excluding diaryl/α,β-unsaturated/α-hetero) is 1. The van der Waals surface area contributed by atoms with Crippen molar-refractivity contribution in [1.29, 1.82) is 0 Å². The van der Waals surface area contributed by atoms with Gasteiger partial charge in [0.1, 0.15) is 11.4 Å². The predicted molar refractivity (Wildman–Crippen MR) is 102 cm³/mol. The third-order valence-electron chi connectivity index (χ3n) is 4.77. The molecule has 144 valence electrons. The van der Waals surface area contributed by atoms with Crippen LogP contribution in [0, 0.1) is 5.92 Å². The van der Waals surface area contributed by atoms with Gasteiger partial charge in [0, 0.05) is 18.7 Å². The summed E-state index contributed by atoms with van der Waals surface area (Å²) in [4.78, 5) is 23.4. The molecule has 1 aliphatic heterocycles. The molecule has 28 heavy (non-hydrogen) atoms. The van der Waals surface area contributed by atoms with Crippen LogP contribution in [0.25, 0.3) is 0 Å². The molecule has 0 bridgehead atoms. The zero-order chi connectivity index (χ0) is 19.2. The number of carbonyl (C=O) groups is 1. The van der Waals surface area contributed by atoms with Gasteiger partial charge in [-0.3, -0.25) is 14.7 Å². The summed E-state index contributed by atoms with van der Waals surface area (Å²) in [7, 11) is 0. The van der Waals surface area contributed by atoms with Gasteiger partial charge < -0.3 is 9.26 Å². The van der Waals surface area contributed by atoms with Gasteiger partial charge in [0.15, 0.2) is 12.4 Å². The van der Waals surface area contributed by atoms with Crippen LogP contribution in [0.2, 0.25) is 0 Å². The number of pyridine rings is 1. The molecule has 0 aliphatic carbocycles. The number of ketones is 1. The molecule has 3 aromatic rings. The van der Waals surface area contributed by atoms with Crippen molar-refractivity contribution < 1.29 is 14.1 Å². The molecule has 7 heteroatoms. The van der Waals surface area contributed by atoms with E-state index in [4.69, 9.17) is 9.26 Å². The lowest BCUT2D eigenvalue weighted by molar-refractivity contribution is 0.0792. The summed E-state index contributed by atoms with van der Waals surface area (Å²) in [6.07, 6.45) is 3.50. The molecular weight excluding hydrogens is 356 g/mol. The number of benzene rings is 1. The fourth-order valence-electron chi connectivity index (χ4n) is 3.40. The van der Waals surface area contributed by atoms with E-state index in [9.17, 15) is 4.79 Å². The first-order valence-electron chi connectivity index (χ1n) is 9.45. The van der Waals surface area contributed by atoms with Crippen LogP contribution in [0.1, 0.15) is 35.0 Å². The van der Waals surface area contributed by atoms with Crippen molar-refractivity contribution in [3.05, 3.63) is 72.1 Å². The minimum Gasteiger partial charge on any atom is -0.485 e. The highest BCUT2D eigenvalue weighted by Gasteiger charge is 2.28. The molecule has 3 heterocycles. The largest absolute Gasteiger partial charge is 0.485 e. The second-order valence-corrected chi connectivity index (χ2v) is 6.86. The first-order valence-corrected chi connectivity index (χ1v) is 9.45. The number of hydrogen-bond donors (Lipinski definition) is 0. The van der Waals surface area contributed by atoms with Crippen molar-refractivity contribution in [2.45, 2.75) is 26.0 Å². The summed E-state index contributed by atoms with van der Waals surface area (Å²) < 4.78 is 11.0. The average Bonchev–Trinajstić information content (AvgIpc) is 3.20. The molecular formula is C21H22N4O3. The van der Waals surface area contributed by atoms with Crippen molar-refractivity contribution in [1.82, 2.24) is 20.0 Å². The molecule has 4 rings (SSSR count). The van der Waals surface area contributed by atoms with Crippen LogP contribution >= 0.6 is 0 Å². The van der Waals surface area contributed by atoms with E-state index < -0.39 is 0 Å². The van der Waals surface area contributed by atoms with Gasteiger partial charge in [-0.15, -0.1) is 0 Å². The highest BCUT2D eigenvalue weighted by molar-refractivity contribution is 5.96. The Hall–Kier alpha value is -3.06. The number of para-hydroxylation sites is 1. The van der Waals surface area contributed by atoms with E-state index in [1.807, 2.05) is 42.5 Å². The van der Waals surface area contributed by atoms with Gasteiger partial charge in [0.2, 0.25) is 11.7 Å². The third kappa shape index (κ3) is 4.61. The van der Waals surface area contributed by atoms with Crippen LogP contribution in [0.15, 0.2) is 59.3 Å². The summed E-state index contributed by atoms with van der Waals surface area (Å²) >= 11 is 0. The number of carbonyl (C=O) groups excluding carboxylic acids is 1. The quantitative estimate of drug-likeness (QED) is 0.584. The summed E-state index contributed by atoms with van der Waals surface area (Å²) in [5, 5.41) is 3.98. The molecule has 1 fully saturated rings. The van der Waals surface area contributed by atoms with Gasteiger partial charge in [-0.1, -0.05) is 29.4 Å². The molecule has 0 radical (unpaired) electrons. The predicted octanol–water partition coefficient (Wildman–Crippen LogP) is 3.14. The molecule has 0 spiro atoms. The van der Waals surface area contributed by atoms with Crippen LogP contribution in [0.4, 0.5) is 0 Å². The molecule has 1 aromatic carbocycles. The van der Waals surface area contributed by atoms with Crippen LogP contribution in [0.5, 0.6) is 5.75 Å². The van der Waals surface area contributed by atoms with Crippen molar-refractivity contribution in [2.75, 3.05) is 13.1 Å². The van der Waals surface area contributed by atoms with Crippen LogP contribution < -0.4 is 4.74 Å². The molecule has 1 unspecified atom stereocenters. The molecule has 7 nitrogen and oxygen atoms in total. The van der Waals surface area contributed by atoms with Crippen LogP contribution in [-0.4, -0.2) is 38.9 Å². The average molecular weight is 378 g/mol. The van der Waals surface area contributed by atoms with E-state index in [1.54, 1.807) is 12.3 Å². The maximum atomic E-state index is 12.7. The number of hydrogen-bond acceptors (Lipinski definition) is 7. The lowest BCUT2D eigenvalue weighted by Crippen LogP contribution is -2.38. The fourth-order valence-corrected chi connectivity index (χ4v) is 3.40. The van der Waals surface area contributed by atoms with E-state index in [0.29, 0.717) is 30.5 Å². The van der Waals surface area contributed by atoms with Gasteiger partial charge in [-0.2, -0.15) is 4.98 Å². The van der Waals surface area contributed by atoms with E-state index >= 15 is 0 Å². The molecule has 0 amide bonds. The zero-order valence-corrected chi connectivity index (χ0v) is 15.5. The zero-order valence-electron chi connectivity index (χ0n) is 15.5. The van der Waals surface area contributed by atoms with Crippen LogP contribution in [0.3, 0.4) is 0 Å². The summed E-state index contributed by atoms with van der Waals surface area (Å²) in [6, 6.07) is 15.0. The first-order chi connectivity index (χ1) is 13.8. The molecule has 1 atom stereocenters. The Morgan fingerprint density at radius 1 is 1.18 bits per heavy atom. The Bertz CT molecular complexity index is 898. The highest BCUT2D eigenvalue weighted by atomic mass is 16.5. The number of nitrogens with zero attached hydrogens (tertiary/aromatic N) is 4. The Morgan fingerprint density at radius 3 is 2.86 bits per heavy atom. The topological polar surface area (TPSA) is 81.4 Å². The van der Waals surface area contributed by atoms with Crippen LogP contribution in [-0.2, 0) is 13.2 Å². The van der Waals surface area contributed by atoms with E-state index in [-0.39, 0.29) is 18.3 Å². The lowest BCUT2D eigenvalue weighted by Gasteiger charge is -2.30. The van der Waals surface area contributed by atoms with Gasteiger partial charge in [0.25, 0.3) is 0 Å². The normalized spacial score (nSPS) is 17.4. The summed E-state index contributed by atoms with van der Waals surface area (Å²) in [5.74, 6) is 1.87. The molecule has 2 aromatic heterocycles. The Labute approximate surface area is 163 Å². The Kier molecular flexibility index (Phi) is 5.72. The molecule has 1 aliphatic rings. The number of ether oxygens (including phenoxy) is 1. The summed E-state index contributed by atoms with van der Waals surface area (Å²) in [6.45, 7) is 2.37. The standard InChI is InChI=1S/C21H22N4O3/c26-21(18-10-4-5-11-22-18)16-7-6-12-25(13-16)14-20-23-19(24-28-20)15-27-17-8-2-1-3-9-17/h1-5,8-11,16H,6-7,12-15H2. The second-order valence-electron chi connectivity index (χ2n) is 6.86. The van der Waals surface area contributed by atoms with E-state index in [1.165, 1.54) is 0 Å². The SMILES string of the molecule is O=C(c1ccccn1)C1CCCN(Cc2nc(COc3ccccc3)no2)C1. The molecule has 0 saturated carbocycles. The van der Waals surface area contributed by atoms with Gasteiger partial charge in [-0.05, 0) is 43.7 Å². The minimum atomic E-state index is -0.0487. The number of likely N-dealkylation sites (tertiary alicyclic amines) is 1. The number of rotatable bonds is 7. The highest BCUT2D eigenvalue weighted by Crippen LogP contribution is 2.21. The second kappa shape index (κ2) is 8.75. The van der Waals surface area contributed by atoms with Crippen molar-refractivity contribution in [3.63, 3.8) is 0 Å². The monoisotopic (exact) mass is 378 g/mol. The van der Waals surface area contributed by atoms with E-state index in [2.05, 4.69) is 20.0 Å². The Balaban J connectivity index is 1.32. The number of piperidine rings is 1. The van der Waals surface area contributed by atoms with E-state index in [0.717, 1.165) is 25.1 Å². The van der Waals surface area contributed by atoms with Crippen molar-refractivity contribution in [2.24, 2.45) is 5.92 Å². The Morgan fingerprint density at radius 2 is 2.04 bits per heavy atom. The van der Waals surface area contributed by atoms with Gasteiger partial charge in [0.05, 0.1) is 6.54 Å². The smallest absolute Gasteiger partial charge is 0.240 e. The van der Waals surface area contributed by atoms with Gasteiger partial charge >= 0.3 is 0 Å². The third-order valence-corrected chi connectivity index (χ3v) is 4.77. The minimum absolute atomic E-state index is 0.0487. The fraction of sp³-hybridized carbons (Fsp3) is 0.333. The van der Waals surface area contributed by atoms with Gasteiger partial charge in [-0.25, -0.2) is 0 Å². The lowest BCUT2D eigenvalue weighted by atomic mass is 9.92. The maximum absolute atomic E-state index is 12.7. The van der Waals surface area contributed by atoms with Crippen molar-refractivity contribution in [3.8, 4) is 5.75 Å². The maximum Gasteiger partial charge on any atom is 0.240 e. The molecule has 1 saturated heterocycles. The first kappa shape index (κ1) is 18.3. The van der Waals surface area contributed by atoms with Crippen molar-refractivity contribution >= 4 is 5.78 Å². The molecule has 0 N–H and O–H groups in total. The summed E-state index contributed by atoms with van der Waals surface area (Å²) in [5.41, 5.74) is 0.535.